The molecule has 0 aromatic heterocycles. The lowest BCUT2D eigenvalue weighted by Crippen LogP contribution is -2.40. The highest BCUT2D eigenvalue weighted by Gasteiger charge is 2.26. The van der Waals surface area contributed by atoms with Crippen molar-refractivity contribution in [2.75, 3.05) is 43.5 Å². The Morgan fingerprint density at radius 2 is 1.78 bits per heavy atom. The quantitative estimate of drug-likeness (QED) is 0.783. The van der Waals surface area contributed by atoms with Gasteiger partial charge in [-0.1, -0.05) is 6.07 Å². The highest BCUT2D eigenvalue weighted by Crippen LogP contribution is 2.19. The number of carbonyl (C=O) groups is 1. The third-order valence-electron chi connectivity index (χ3n) is 4.02. The maximum Gasteiger partial charge on any atom is 0.243 e. The van der Waals surface area contributed by atoms with Gasteiger partial charge in [0, 0.05) is 24.5 Å². The van der Waals surface area contributed by atoms with E-state index in [4.69, 9.17) is 4.74 Å². The molecule has 9 heteroatoms. The lowest BCUT2D eigenvalue weighted by Gasteiger charge is -2.26. The van der Waals surface area contributed by atoms with E-state index >= 15 is 0 Å². The van der Waals surface area contributed by atoms with Crippen LogP contribution < -0.4 is 10.6 Å². The van der Waals surface area contributed by atoms with Crippen LogP contribution in [-0.4, -0.2) is 51.5 Å². The van der Waals surface area contributed by atoms with Gasteiger partial charge in [-0.2, -0.15) is 4.31 Å². The van der Waals surface area contributed by atoms with Crippen LogP contribution in [0.3, 0.4) is 0 Å². The predicted molar refractivity (Wildman–Crippen MR) is 99.5 cm³/mol. The fraction of sp³-hybridized carbons (Fsp3) is 0.278. The van der Waals surface area contributed by atoms with Crippen LogP contribution in [0.15, 0.2) is 53.4 Å². The second kappa shape index (κ2) is 8.47. The summed E-state index contributed by atoms with van der Waals surface area (Å²) in [7, 11) is -3.54. The lowest BCUT2D eigenvalue weighted by atomic mass is 10.3. The van der Waals surface area contributed by atoms with Crippen LogP contribution in [0.4, 0.5) is 15.8 Å². The summed E-state index contributed by atoms with van der Waals surface area (Å²) in [6.07, 6.45) is 0. The van der Waals surface area contributed by atoms with Crippen LogP contribution in [0.2, 0.25) is 0 Å². The van der Waals surface area contributed by atoms with Crippen molar-refractivity contribution in [2.24, 2.45) is 0 Å². The smallest absolute Gasteiger partial charge is 0.243 e. The standard InChI is InChI=1S/C18H20FN3O4S/c19-14-2-1-3-16(12-14)21-18(23)13-20-15-4-6-17(7-5-15)27(24,25)22-8-10-26-11-9-22/h1-7,12,20H,8-11,13H2,(H,21,23). The number of ether oxygens (including phenoxy) is 1. The van der Waals surface area contributed by atoms with E-state index in [2.05, 4.69) is 10.6 Å². The van der Waals surface area contributed by atoms with Gasteiger partial charge in [0.25, 0.3) is 0 Å². The Morgan fingerprint density at radius 1 is 1.07 bits per heavy atom. The SMILES string of the molecule is O=C(CNc1ccc(S(=O)(=O)N2CCOCC2)cc1)Nc1cccc(F)c1. The summed E-state index contributed by atoms with van der Waals surface area (Å²) >= 11 is 0. The number of sulfonamides is 1. The van der Waals surface area contributed by atoms with Gasteiger partial charge < -0.3 is 15.4 Å². The number of anilines is 2. The van der Waals surface area contributed by atoms with Gasteiger partial charge in [0.15, 0.2) is 0 Å². The Bertz CT molecular complexity index is 897. The molecular weight excluding hydrogens is 373 g/mol. The number of halogens is 1. The van der Waals surface area contributed by atoms with Crippen molar-refractivity contribution < 1.29 is 22.3 Å². The van der Waals surface area contributed by atoms with Crippen LogP contribution in [0.5, 0.6) is 0 Å². The highest BCUT2D eigenvalue weighted by molar-refractivity contribution is 7.89. The lowest BCUT2D eigenvalue weighted by molar-refractivity contribution is -0.114. The van der Waals surface area contributed by atoms with Gasteiger partial charge >= 0.3 is 0 Å². The van der Waals surface area contributed by atoms with Crippen molar-refractivity contribution in [3.63, 3.8) is 0 Å². The first-order chi connectivity index (χ1) is 12.9. The predicted octanol–water partition coefficient (Wildman–Crippen LogP) is 1.90. The molecule has 27 heavy (non-hydrogen) atoms. The van der Waals surface area contributed by atoms with Crippen LogP contribution in [0, 0.1) is 5.82 Å². The molecule has 1 saturated heterocycles. The summed E-state index contributed by atoms with van der Waals surface area (Å²) in [5, 5.41) is 5.48. The Hall–Kier alpha value is -2.49. The molecule has 0 radical (unpaired) electrons. The molecule has 2 N–H and O–H groups in total. The van der Waals surface area contributed by atoms with Crippen molar-refractivity contribution in [3.05, 3.63) is 54.3 Å². The zero-order chi connectivity index (χ0) is 19.3. The van der Waals surface area contributed by atoms with E-state index in [1.165, 1.54) is 34.6 Å². The number of nitrogens with one attached hydrogen (secondary N) is 2. The van der Waals surface area contributed by atoms with Crippen molar-refractivity contribution in [1.82, 2.24) is 4.31 Å². The number of hydrogen-bond acceptors (Lipinski definition) is 5. The molecule has 1 aliphatic rings. The molecule has 1 aliphatic heterocycles. The molecule has 144 valence electrons. The van der Waals surface area contributed by atoms with Gasteiger partial charge in [0.1, 0.15) is 5.82 Å². The molecule has 1 fully saturated rings. The van der Waals surface area contributed by atoms with Crippen LogP contribution >= 0.6 is 0 Å². The number of amides is 1. The second-order valence-corrected chi connectivity index (χ2v) is 7.89. The molecule has 0 aliphatic carbocycles. The molecule has 7 nitrogen and oxygen atoms in total. The monoisotopic (exact) mass is 393 g/mol. The topological polar surface area (TPSA) is 87.7 Å². The van der Waals surface area contributed by atoms with Crippen LogP contribution in [0.25, 0.3) is 0 Å². The maximum absolute atomic E-state index is 13.1. The molecule has 2 aromatic rings. The molecule has 0 spiro atoms. The summed E-state index contributed by atoms with van der Waals surface area (Å²) in [5.41, 5.74) is 0.971. The Morgan fingerprint density at radius 3 is 2.44 bits per heavy atom. The van der Waals surface area contributed by atoms with E-state index in [1.807, 2.05) is 0 Å². The van der Waals surface area contributed by atoms with Crippen LogP contribution in [-0.2, 0) is 19.6 Å². The normalized spacial score (nSPS) is 15.3. The van der Waals surface area contributed by atoms with Crippen molar-refractivity contribution in [2.45, 2.75) is 4.90 Å². The average Bonchev–Trinajstić information content (AvgIpc) is 2.67. The van der Waals surface area contributed by atoms with Crippen molar-refractivity contribution in [1.29, 1.82) is 0 Å². The first-order valence-electron chi connectivity index (χ1n) is 8.42. The zero-order valence-corrected chi connectivity index (χ0v) is 15.3. The second-order valence-electron chi connectivity index (χ2n) is 5.95. The Kier molecular flexibility index (Phi) is 6.04. The molecular formula is C18H20FN3O4S. The number of rotatable bonds is 6. The fourth-order valence-corrected chi connectivity index (χ4v) is 4.04. The van der Waals surface area contributed by atoms with Crippen molar-refractivity contribution >= 4 is 27.3 Å². The molecule has 0 unspecified atom stereocenters. The Balaban J connectivity index is 1.56. The minimum Gasteiger partial charge on any atom is -0.379 e. The first-order valence-corrected chi connectivity index (χ1v) is 9.86. The largest absolute Gasteiger partial charge is 0.379 e. The molecule has 0 bridgehead atoms. The number of benzene rings is 2. The molecule has 0 atom stereocenters. The molecule has 1 heterocycles. The number of morpholine rings is 1. The number of nitrogens with zero attached hydrogens (tertiary/aromatic N) is 1. The highest BCUT2D eigenvalue weighted by atomic mass is 32.2. The average molecular weight is 393 g/mol. The van der Waals surface area contributed by atoms with E-state index in [0.717, 1.165) is 0 Å². The van der Waals surface area contributed by atoms with Crippen molar-refractivity contribution in [3.8, 4) is 0 Å². The van der Waals surface area contributed by atoms with Gasteiger partial charge in [-0.3, -0.25) is 4.79 Å². The molecule has 1 amide bonds. The third-order valence-corrected chi connectivity index (χ3v) is 5.94. The van der Waals surface area contributed by atoms with E-state index in [-0.39, 0.29) is 17.3 Å². The van der Waals surface area contributed by atoms with E-state index in [9.17, 15) is 17.6 Å². The summed E-state index contributed by atoms with van der Waals surface area (Å²) in [6, 6.07) is 11.8. The van der Waals surface area contributed by atoms with E-state index in [1.54, 1.807) is 18.2 Å². The van der Waals surface area contributed by atoms with Gasteiger partial charge in [-0.05, 0) is 42.5 Å². The summed E-state index contributed by atoms with van der Waals surface area (Å²) in [6.45, 7) is 1.41. The third kappa shape index (κ3) is 5.03. The van der Waals surface area contributed by atoms with E-state index < -0.39 is 15.8 Å². The summed E-state index contributed by atoms with van der Waals surface area (Å²) in [4.78, 5) is 12.1. The zero-order valence-electron chi connectivity index (χ0n) is 14.5. The summed E-state index contributed by atoms with van der Waals surface area (Å²) in [5.74, 6) is -0.775. The molecule has 2 aromatic carbocycles. The number of hydrogen-bond donors (Lipinski definition) is 2. The van der Waals surface area contributed by atoms with Crippen LogP contribution in [0.1, 0.15) is 0 Å². The fourth-order valence-electron chi connectivity index (χ4n) is 2.63. The van der Waals surface area contributed by atoms with E-state index in [0.29, 0.717) is 37.7 Å². The molecule has 0 saturated carbocycles. The van der Waals surface area contributed by atoms with Gasteiger partial charge in [-0.25, -0.2) is 12.8 Å². The van der Waals surface area contributed by atoms with Gasteiger partial charge in [0.05, 0.1) is 24.7 Å². The number of carbonyl (C=O) groups excluding carboxylic acids is 1. The minimum atomic E-state index is -3.54. The van der Waals surface area contributed by atoms with Gasteiger partial charge in [0.2, 0.25) is 15.9 Å². The maximum atomic E-state index is 13.1. The Labute approximate surface area is 157 Å². The first kappa shape index (κ1) is 19.3. The minimum absolute atomic E-state index is 0.0356. The summed E-state index contributed by atoms with van der Waals surface area (Å²) < 4.78 is 44.8. The van der Waals surface area contributed by atoms with Gasteiger partial charge in [-0.15, -0.1) is 0 Å². The molecule has 3 rings (SSSR count).